The smallest absolute Gasteiger partial charge is 0.468 e. The van der Waals surface area contributed by atoms with Gasteiger partial charge in [-0.25, -0.2) is 4.79 Å². The van der Waals surface area contributed by atoms with Gasteiger partial charge in [0.1, 0.15) is 17.4 Å². The van der Waals surface area contributed by atoms with Crippen LogP contribution in [0.2, 0.25) is 0 Å². The molecule has 0 aliphatic carbocycles. The normalized spacial score (nSPS) is 12.5. The predicted molar refractivity (Wildman–Crippen MR) is 91.1 cm³/mol. The molecular weight excluding hydrogens is 310 g/mol. The summed E-state index contributed by atoms with van der Waals surface area (Å²) in [5.74, 6) is -0.0585. The summed E-state index contributed by atoms with van der Waals surface area (Å²) in [7, 11) is 1.31. The number of nitrogens with two attached hydrogens (primary N) is 1. The van der Waals surface area contributed by atoms with Crippen LogP contribution in [0.1, 0.15) is 43.9 Å². The largest absolute Gasteiger partial charge is 0.514 e. The summed E-state index contributed by atoms with van der Waals surface area (Å²) in [6, 6.07) is 2.73. The number of hydrogen-bond donors (Lipinski definition) is 1. The van der Waals surface area contributed by atoms with Crippen molar-refractivity contribution in [3.8, 4) is 5.75 Å². The predicted octanol–water partition coefficient (Wildman–Crippen LogP) is 3.05. The Morgan fingerprint density at radius 3 is 2.21 bits per heavy atom. The van der Waals surface area contributed by atoms with Crippen molar-refractivity contribution in [3.63, 3.8) is 0 Å². The van der Waals surface area contributed by atoms with E-state index in [2.05, 4.69) is 4.74 Å². The van der Waals surface area contributed by atoms with Gasteiger partial charge in [-0.2, -0.15) is 0 Å². The molecule has 6 heteroatoms. The molecule has 0 heterocycles. The lowest BCUT2D eigenvalue weighted by atomic mass is 9.96. The third-order valence-electron chi connectivity index (χ3n) is 4.01. The maximum Gasteiger partial charge on any atom is 0.514 e. The highest BCUT2D eigenvalue weighted by Gasteiger charge is 2.22. The molecule has 0 amide bonds. The fourth-order valence-electron chi connectivity index (χ4n) is 2.20. The minimum Gasteiger partial charge on any atom is -0.468 e. The van der Waals surface area contributed by atoms with Crippen LogP contribution in [-0.4, -0.2) is 30.9 Å². The van der Waals surface area contributed by atoms with Crippen LogP contribution in [0.5, 0.6) is 5.75 Å². The van der Waals surface area contributed by atoms with Gasteiger partial charge in [0.25, 0.3) is 0 Å². The molecule has 0 aromatic heterocycles. The topological polar surface area (TPSA) is 87.9 Å². The third-order valence-corrected chi connectivity index (χ3v) is 4.01. The SMILES string of the molecule is CCC(C)(C)OC(=O)Oc1cc(C)c(CC(N)C(=O)OC)c(C)c1. The number of hydrogen-bond acceptors (Lipinski definition) is 6. The first-order chi connectivity index (χ1) is 11.1. The first-order valence-corrected chi connectivity index (χ1v) is 7.94. The van der Waals surface area contributed by atoms with Gasteiger partial charge in [-0.3, -0.25) is 4.79 Å². The number of ether oxygens (including phenoxy) is 3. The Morgan fingerprint density at radius 2 is 1.75 bits per heavy atom. The van der Waals surface area contributed by atoms with E-state index in [1.54, 1.807) is 12.1 Å². The van der Waals surface area contributed by atoms with Gasteiger partial charge in [-0.15, -0.1) is 0 Å². The maximum absolute atomic E-state index is 11.9. The Hall–Kier alpha value is -2.08. The quantitative estimate of drug-likeness (QED) is 0.634. The van der Waals surface area contributed by atoms with Gasteiger partial charge in [0.05, 0.1) is 7.11 Å². The van der Waals surface area contributed by atoms with E-state index in [4.69, 9.17) is 15.2 Å². The Morgan fingerprint density at radius 1 is 1.21 bits per heavy atom. The molecule has 0 bridgehead atoms. The molecule has 1 aromatic carbocycles. The Bertz CT molecular complexity index is 586. The number of esters is 1. The zero-order valence-electron chi connectivity index (χ0n) is 15.3. The molecular formula is C18H27NO5. The number of carbonyl (C=O) groups is 2. The Balaban J connectivity index is 2.88. The van der Waals surface area contributed by atoms with Gasteiger partial charge >= 0.3 is 12.1 Å². The van der Waals surface area contributed by atoms with Crippen molar-refractivity contribution in [3.05, 3.63) is 28.8 Å². The molecule has 1 aromatic rings. The number of benzene rings is 1. The molecule has 0 aliphatic heterocycles. The molecule has 6 nitrogen and oxygen atoms in total. The highest BCUT2D eigenvalue weighted by molar-refractivity contribution is 5.76. The molecule has 1 rings (SSSR count). The molecule has 1 unspecified atom stereocenters. The van der Waals surface area contributed by atoms with Crippen LogP contribution in [0.3, 0.4) is 0 Å². The van der Waals surface area contributed by atoms with Crippen molar-refractivity contribution in [2.24, 2.45) is 5.73 Å². The van der Waals surface area contributed by atoms with Gasteiger partial charge in [-0.1, -0.05) is 6.92 Å². The molecule has 1 atom stereocenters. The molecule has 0 spiro atoms. The number of rotatable bonds is 6. The lowest BCUT2D eigenvalue weighted by Gasteiger charge is -2.22. The van der Waals surface area contributed by atoms with Gasteiger partial charge in [0.15, 0.2) is 0 Å². The second kappa shape index (κ2) is 8.15. The van der Waals surface area contributed by atoms with Crippen molar-refractivity contribution in [2.45, 2.75) is 59.1 Å². The van der Waals surface area contributed by atoms with E-state index in [0.717, 1.165) is 16.7 Å². The van der Waals surface area contributed by atoms with E-state index in [1.165, 1.54) is 7.11 Å². The minimum atomic E-state index is -0.736. The zero-order valence-corrected chi connectivity index (χ0v) is 15.3. The first kappa shape index (κ1) is 20.0. The van der Waals surface area contributed by atoms with Crippen LogP contribution in [-0.2, 0) is 20.7 Å². The standard InChI is InChI=1S/C18H27NO5/c1-7-18(4,5)24-17(21)23-13-8-11(2)14(12(3)9-13)10-15(19)16(20)22-6/h8-9,15H,7,10,19H2,1-6H3. The molecule has 134 valence electrons. The fraction of sp³-hybridized carbons (Fsp3) is 0.556. The first-order valence-electron chi connectivity index (χ1n) is 7.94. The van der Waals surface area contributed by atoms with Crippen LogP contribution in [0, 0.1) is 13.8 Å². The van der Waals surface area contributed by atoms with Gasteiger partial charge in [-0.05, 0) is 69.4 Å². The molecule has 0 aliphatic rings. The van der Waals surface area contributed by atoms with Crippen LogP contribution >= 0.6 is 0 Å². The molecule has 0 fully saturated rings. The lowest BCUT2D eigenvalue weighted by Crippen LogP contribution is -2.34. The number of carbonyl (C=O) groups excluding carboxylic acids is 2. The number of methoxy groups -OCH3 is 1. The lowest BCUT2D eigenvalue weighted by molar-refractivity contribution is -0.142. The monoisotopic (exact) mass is 337 g/mol. The van der Waals surface area contributed by atoms with E-state index in [1.807, 2.05) is 34.6 Å². The average molecular weight is 337 g/mol. The summed E-state index contributed by atoms with van der Waals surface area (Å²) < 4.78 is 15.2. The van der Waals surface area contributed by atoms with Crippen molar-refractivity contribution < 1.29 is 23.8 Å². The summed E-state index contributed by atoms with van der Waals surface area (Å²) in [5, 5.41) is 0. The Labute approximate surface area is 143 Å². The van der Waals surface area contributed by atoms with E-state index in [-0.39, 0.29) is 0 Å². The van der Waals surface area contributed by atoms with Crippen molar-refractivity contribution in [1.29, 1.82) is 0 Å². The van der Waals surface area contributed by atoms with E-state index < -0.39 is 23.8 Å². The zero-order chi connectivity index (χ0) is 18.5. The van der Waals surface area contributed by atoms with Crippen molar-refractivity contribution in [1.82, 2.24) is 0 Å². The van der Waals surface area contributed by atoms with Gasteiger partial charge in [0.2, 0.25) is 0 Å². The second-order valence-corrected chi connectivity index (χ2v) is 6.44. The minimum absolute atomic E-state index is 0.359. The van der Waals surface area contributed by atoms with Crippen LogP contribution in [0.4, 0.5) is 4.79 Å². The average Bonchev–Trinajstić information content (AvgIpc) is 2.49. The third kappa shape index (κ3) is 5.53. The van der Waals surface area contributed by atoms with Gasteiger partial charge < -0.3 is 19.9 Å². The fourth-order valence-corrected chi connectivity index (χ4v) is 2.20. The van der Waals surface area contributed by atoms with Crippen LogP contribution in [0.15, 0.2) is 12.1 Å². The second-order valence-electron chi connectivity index (χ2n) is 6.44. The molecule has 0 saturated carbocycles. The highest BCUT2D eigenvalue weighted by Crippen LogP contribution is 2.24. The summed E-state index contributed by atoms with van der Waals surface area (Å²) in [5.41, 5.74) is 7.94. The number of aryl methyl sites for hydroxylation is 2. The van der Waals surface area contributed by atoms with Crippen molar-refractivity contribution >= 4 is 12.1 Å². The Kier molecular flexibility index (Phi) is 6.78. The summed E-state index contributed by atoms with van der Waals surface area (Å²) in [6.45, 7) is 9.33. The van der Waals surface area contributed by atoms with E-state index in [0.29, 0.717) is 18.6 Å². The molecule has 24 heavy (non-hydrogen) atoms. The maximum atomic E-state index is 11.9. The summed E-state index contributed by atoms with van der Waals surface area (Å²) in [6.07, 6.45) is 0.308. The van der Waals surface area contributed by atoms with E-state index >= 15 is 0 Å². The van der Waals surface area contributed by atoms with Gasteiger partial charge in [0, 0.05) is 0 Å². The highest BCUT2D eigenvalue weighted by atomic mass is 16.7. The molecule has 2 N–H and O–H groups in total. The molecule has 0 saturated heterocycles. The summed E-state index contributed by atoms with van der Waals surface area (Å²) in [4.78, 5) is 23.4. The van der Waals surface area contributed by atoms with Crippen LogP contribution in [0.25, 0.3) is 0 Å². The summed E-state index contributed by atoms with van der Waals surface area (Å²) >= 11 is 0. The van der Waals surface area contributed by atoms with E-state index in [9.17, 15) is 9.59 Å². The van der Waals surface area contributed by atoms with Crippen molar-refractivity contribution in [2.75, 3.05) is 7.11 Å². The molecule has 0 radical (unpaired) electrons. The van der Waals surface area contributed by atoms with Crippen LogP contribution < -0.4 is 10.5 Å².